The smallest absolute Gasteiger partial charge is 0.258 e. The lowest BCUT2D eigenvalue weighted by atomic mass is 10.1. The van der Waals surface area contributed by atoms with Gasteiger partial charge in [0.15, 0.2) is 11.5 Å². The fourth-order valence-corrected chi connectivity index (χ4v) is 3.88. The highest BCUT2D eigenvalue weighted by Crippen LogP contribution is 2.30. The number of aryl methyl sites for hydroxylation is 1. The number of H-pyrrole nitrogens is 1. The Morgan fingerprint density at radius 1 is 0.882 bits per heavy atom. The zero-order valence-corrected chi connectivity index (χ0v) is 19.5. The molecule has 0 saturated heterocycles. The monoisotopic (exact) mass is 458 g/mol. The summed E-state index contributed by atoms with van der Waals surface area (Å²) in [4.78, 5) is 31.2. The number of benzene rings is 3. The van der Waals surface area contributed by atoms with Crippen LogP contribution in [0.15, 0.2) is 71.5 Å². The molecular formula is C27H26N2O5. The van der Waals surface area contributed by atoms with E-state index in [-0.39, 0.29) is 18.0 Å². The summed E-state index contributed by atoms with van der Waals surface area (Å²) in [6.07, 6.45) is 0. The molecule has 0 spiro atoms. The van der Waals surface area contributed by atoms with Crippen LogP contribution in [0.2, 0.25) is 0 Å². The number of nitrogens with zero attached hydrogens (tertiary/aromatic N) is 1. The van der Waals surface area contributed by atoms with Crippen molar-refractivity contribution >= 4 is 22.5 Å². The molecule has 174 valence electrons. The number of carbonyl (C=O) groups excluding carboxylic acids is 1. The number of carbonyl (C=O) groups is 1. The predicted molar refractivity (Wildman–Crippen MR) is 132 cm³/mol. The Bertz CT molecular complexity index is 1390. The van der Waals surface area contributed by atoms with E-state index in [2.05, 4.69) is 4.98 Å². The van der Waals surface area contributed by atoms with E-state index in [1.54, 1.807) is 54.5 Å². The van der Waals surface area contributed by atoms with Crippen molar-refractivity contribution < 1.29 is 19.0 Å². The van der Waals surface area contributed by atoms with Gasteiger partial charge in [0, 0.05) is 16.8 Å². The molecule has 0 saturated carbocycles. The van der Waals surface area contributed by atoms with Crippen LogP contribution in [0.1, 0.15) is 21.5 Å². The van der Waals surface area contributed by atoms with Gasteiger partial charge in [-0.05, 0) is 66.4 Å². The van der Waals surface area contributed by atoms with Crippen molar-refractivity contribution in [1.29, 1.82) is 0 Å². The van der Waals surface area contributed by atoms with Gasteiger partial charge in [0.1, 0.15) is 5.75 Å². The fraction of sp³-hybridized carbons (Fsp3) is 0.185. The zero-order chi connectivity index (χ0) is 24.2. The van der Waals surface area contributed by atoms with Crippen molar-refractivity contribution in [2.24, 2.45) is 0 Å². The largest absolute Gasteiger partial charge is 0.497 e. The molecule has 0 aliphatic heterocycles. The predicted octanol–water partition coefficient (Wildman–Crippen LogP) is 4.71. The molecule has 0 aliphatic rings. The summed E-state index contributed by atoms with van der Waals surface area (Å²) in [5, 5.41) is 0.905. The second kappa shape index (κ2) is 9.70. The highest BCUT2D eigenvalue weighted by atomic mass is 16.5. The fourth-order valence-electron chi connectivity index (χ4n) is 3.88. The molecule has 0 radical (unpaired) electrons. The molecule has 1 N–H and O–H groups in total. The van der Waals surface area contributed by atoms with Gasteiger partial charge < -0.3 is 24.1 Å². The quantitative estimate of drug-likeness (QED) is 0.434. The number of nitrogens with one attached hydrogen (secondary N) is 1. The number of aromatic nitrogens is 1. The first-order valence-corrected chi connectivity index (χ1v) is 10.7. The van der Waals surface area contributed by atoms with Gasteiger partial charge in [-0.1, -0.05) is 18.2 Å². The summed E-state index contributed by atoms with van der Waals surface area (Å²) in [6, 6.07) is 19.8. The molecule has 3 aromatic carbocycles. The van der Waals surface area contributed by atoms with Crippen molar-refractivity contribution in [3.05, 3.63) is 93.8 Å². The van der Waals surface area contributed by atoms with E-state index >= 15 is 0 Å². The lowest BCUT2D eigenvalue weighted by Crippen LogP contribution is -2.33. The van der Waals surface area contributed by atoms with Gasteiger partial charge in [-0.3, -0.25) is 9.59 Å². The standard InChI is InChI=1S/C27H26N2O5/c1-17-6-5-7-18-14-20(26(30)28-25(17)18)16-29(21-9-11-22(32-2)12-10-21)27(31)19-8-13-23(33-3)24(15-19)34-4/h5-15H,16H2,1-4H3,(H,28,30). The molecule has 34 heavy (non-hydrogen) atoms. The third-order valence-corrected chi connectivity index (χ3v) is 5.75. The zero-order valence-electron chi connectivity index (χ0n) is 19.5. The van der Waals surface area contributed by atoms with Crippen LogP contribution >= 0.6 is 0 Å². The number of aromatic amines is 1. The van der Waals surface area contributed by atoms with Crippen LogP contribution in [-0.2, 0) is 6.54 Å². The molecule has 1 aromatic heterocycles. The minimum atomic E-state index is -0.283. The van der Waals surface area contributed by atoms with Gasteiger partial charge in [-0.2, -0.15) is 0 Å². The highest BCUT2D eigenvalue weighted by molar-refractivity contribution is 6.06. The number of anilines is 1. The Hall–Kier alpha value is -4.26. The Labute approximate surface area is 197 Å². The van der Waals surface area contributed by atoms with Gasteiger partial charge in [-0.25, -0.2) is 0 Å². The Balaban J connectivity index is 1.79. The minimum Gasteiger partial charge on any atom is -0.497 e. The average Bonchev–Trinajstić information content (AvgIpc) is 2.87. The molecule has 4 rings (SSSR count). The van der Waals surface area contributed by atoms with E-state index in [9.17, 15) is 9.59 Å². The van der Waals surface area contributed by atoms with Crippen LogP contribution in [0, 0.1) is 6.92 Å². The van der Waals surface area contributed by atoms with E-state index in [0.717, 1.165) is 16.5 Å². The number of rotatable bonds is 7. The van der Waals surface area contributed by atoms with E-state index in [1.807, 2.05) is 31.2 Å². The summed E-state index contributed by atoms with van der Waals surface area (Å²) in [7, 11) is 4.64. The molecule has 7 nitrogen and oxygen atoms in total. The van der Waals surface area contributed by atoms with Crippen molar-refractivity contribution in [2.45, 2.75) is 13.5 Å². The molecule has 0 unspecified atom stereocenters. The summed E-state index contributed by atoms with van der Waals surface area (Å²) in [5.74, 6) is 1.36. The molecule has 0 aliphatic carbocycles. The van der Waals surface area contributed by atoms with Crippen LogP contribution in [-0.4, -0.2) is 32.2 Å². The summed E-state index contributed by atoms with van der Waals surface area (Å²) in [6.45, 7) is 2.03. The maximum Gasteiger partial charge on any atom is 0.258 e. The van der Waals surface area contributed by atoms with Crippen molar-refractivity contribution in [3.63, 3.8) is 0 Å². The molecule has 1 heterocycles. The minimum absolute atomic E-state index is 0.0821. The molecule has 1 amide bonds. The number of methoxy groups -OCH3 is 3. The Kier molecular flexibility index (Phi) is 6.54. The molecular weight excluding hydrogens is 432 g/mol. The van der Waals surface area contributed by atoms with Gasteiger partial charge in [0.05, 0.1) is 33.4 Å². The van der Waals surface area contributed by atoms with Crippen molar-refractivity contribution in [1.82, 2.24) is 4.98 Å². The number of fused-ring (bicyclic) bond motifs is 1. The van der Waals surface area contributed by atoms with Crippen LogP contribution in [0.25, 0.3) is 10.9 Å². The first-order chi connectivity index (χ1) is 16.4. The van der Waals surface area contributed by atoms with Crippen LogP contribution in [0.5, 0.6) is 17.2 Å². The molecule has 0 bridgehead atoms. The summed E-state index contributed by atoms with van der Waals surface area (Å²) in [5.41, 5.74) is 3.04. The number of hydrogen-bond acceptors (Lipinski definition) is 5. The first kappa shape index (κ1) is 22.9. The normalized spacial score (nSPS) is 10.7. The lowest BCUT2D eigenvalue weighted by molar-refractivity contribution is 0.0984. The third-order valence-electron chi connectivity index (χ3n) is 5.75. The molecule has 7 heteroatoms. The van der Waals surface area contributed by atoms with E-state index in [1.165, 1.54) is 14.2 Å². The first-order valence-electron chi connectivity index (χ1n) is 10.7. The molecule has 0 atom stereocenters. The topological polar surface area (TPSA) is 80.9 Å². The summed E-state index contributed by atoms with van der Waals surface area (Å²) < 4.78 is 15.9. The lowest BCUT2D eigenvalue weighted by Gasteiger charge is -2.24. The number of para-hydroxylation sites is 1. The maximum atomic E-state index is 13.7. The van der Waals surface area contributed by atoms with E-state index < -0.39 is 0 Å². The number of ether oxygens (including phenoxy) is 3. The van der Waals surface area contributed by atoms with Crippen LogP contribution in [0.4, 0.5) is 5.69 Å². The molecule has 4 aromatic rings. The summed E-state index contributed by atoms with van der Waals surface area (Å²) >= 11 is 0. The number of amides is 1. The van der Waals surface area contributed by atoms with Crippen molar-refractivity contribution in [2.75, 3.05) is 26.2 Å². The second-order valence-corrected chi connectivity index (χ2v) is 7.82. The number of hydrogen-bond donors (Lipinski definition) is 1. The number of pyridine rings is 1. The SMILES string of the molecule is COc1ccc(N(Cc2cc3cccc(C)c3[nH]c2=O)C(=O)c2ccc(OC)c(OC)c2)cc1. The van der Waals surface area contributed by atoms with Crippen molar-refractivity contribution in [3.8, 4) is 17.2 Å². The maximum absolute atomic E-state index is 13.7. The van der Waals surface area contributed by atoms with Gasteiger partial charge >= 0.3 is 0 Å². The van der Waals surface area contributed by atoms with E-state index in [0.29, 0.717) is 34.1 Å². The van der Waals surface area contributed by atoms with Gasteiger partial charge in [0.25, 0.3) is 11.5 Å². The average molecular weight is 459 g/mol. The third kappa shape index (κ3) is 4.45. The second-order valence-electron chi connectivity index (χ2n) is 7.82. The van der Waals surface area contributed by atoms with Crippen LogP contribution in [0.3, 0.4) is 0 Å². The van der Waals surface area contributed by atoms with Gasteiger partial charge in [0.2, 0.25) is 0 Å². The highest BCUT2D eigenvalue weighted by Gasteiger charge is 2.21. The Morgan fingerprint density at radius 2 is 1.62 bits per heavy atom. The Morgan fingerprint density at radius 3 is 2.29 bits per heavy atom. The molecule has 0 fully saturated rings. The van der Waals surface area contributed by atoms with Crippen LogP contribution < -0.4 is 24.7 Å². The van der Waals surface area contributed by atoms with Gasteiger partial charge in [-0.15, -0.1) is 0 Å². The van der Waals surface area contributed by atoms with E-state index in [4.69, 9.17) is 14.2 Å².